The van der Waals surface area contributed by atoms with Gasteiger partial charge in [-0.25, -0.2) is 9.37 Å². The first-order chi connectivity index (χ1) is 8.65. The minimum Gasteiger partial charge on any atom is -0.396 e. The molecule has 0 aliphatic carbocycles. The number of hydrogen-bond acceptors (Lipinski definition) is 3. The van der Waals surface area contributed by atoms with Gasteiger partial charge in [0.15, 0.2) is 5.82 Å². The number of halogens is 2. The van der Waals surface area contributed by atoms with Crippen molar-refractivity contribution in [3.63, 3.8) is 0 Å². The first-order valence-electron chi connectivity index (χ1n) is 5.62. The number of anilines is 3. The van der Waals surface area contributed by atoms with Gasteiger partial charge in [0.1, 0.15) is 5.82 Å². The van der Waals surface area contributed by atoms with Gasteiger partial charge < -0.3 is 10.6 Å². The summed E-state index contributed by atoms with van der Waals surface area (Å²) in [7, 11) is 0. The van der Waals surface area contributed by atoms with E-state index in [0.717, 1.165) is 28.7 Å². The van der Waals surface area contributed by atoms with E-state index in [9.17, 15) is 4.39 Å². The van der Waals surface area contributed by atoms with Gasteiger partial charge >= 0.3 is 0 Å². The maximum absolute atomic E-state index is 13.3. The average Bonchev–Trinajstić information content (AvgIpc) is 2.72. The Morgan fingerprint density at radius 2 is 2.17 bits per heavy atom. The summed E-state index contributed by atoms with van der Waals surface area (Å²) >= 11 is 3.33. The molecule has 0 saturated heterocycles. The molecular formula is C13H11BrFN3. The normalized spacial score (nSPS) is 13.8. The fourth-order valence-corrected chi connectivity index (χ4v) is 2.59. The summed E-state index contributed by atoms with van der Waals surface area (Å²) in [6, 6.07) is 6.64. The summed E-state index contributed by atoms with van der Waals surface area (Å²) in [5.41, 5.74) is 8.54. The van der Waals surface area contributed by atoms with E-state index >= 15 is 0 Å². The molecule has 3 rings (SSSR count). The molecule has 0 amide bonds. The maximum atomic E-state index is 13.3. The molecule has 0 unspecified atom stereocenters. The lowest BCUT2D eigenvalue weighted by Crippen LogP contribution is -2.16. The fraction of sp³-hybridized carbons (Fsp3) is 0.154. The largest absolute Gasteiger partial charge is 0.396 e. The van der Waals surface area contributed by atoms with Crippen molar-refractivity contribution in [2.24, 2.45) is 0 Å². The van der Waals surface area contributed by atoms with Crippen molar-refractivity contribution in [3.8, 4) is 0 Å². The molecule has 92 valence electrons. The number of nitrogens with zero attached hydrogens (tertiary/aromatic N) is 2. The van der Waals surface area contributed by atoms with Crippen LogP contribution in [0.5, 0.6) is 0 Å². The zero-order valence-corrected chi connectivity index (χ0v) is 11.1. The molecule has 1 aliphatic heterocycles. The van der Waals surface area contributed by atoms with E-state index in [2.05, 4.69) is 20.9 Å². The van der Waals surface area contributed by atoms with Gasteiger partial charge in [-0.15, -0.1) is 0 Å². The lowest BCUT2D eigenvalue weighted by atomic mass is 10.2. The molecule has 2 heterocycles. The number of hydrogen-bond donors (Lipinski definition) is 1. The maximum Gasteiger partial charge on any atom is 0.156 e. The smallest absolute Gasteiger partial charge is 0.156 e. The number of rotatable bonds is 1. The van der Waals surface area contributed by atoms with Crippen molar-refractivity contribution in [2.45, 2.75) is 6.42 Å². The summed E-state index contributed by atoms with van der Waals surface area (Å²) in [5.74, 6) is 0.443. The van der Waals surface area contributed by atoms with E-state index in [0.29, 0.717) is 11.5 Å². The second-order valence-corrected chi connectivity index (χ2v) is 5.16. The van der Waals surface area contributed by atoms with Crippen LogP contribution >= 0.6 is 15.9 Å². The van der Waals surface area contributed by atoms with E-state index in [1.54, 1.807) is 12.3 Å². The topological polar surface area (TPSA) is 42.1 Å². The van der Waals surface area contributed by atoms with Crippen LogP contribution in [0.1, 0.15) is 5.56 Å². The lowest BCUT2D eigenvalue weighted by molar-refractivity contribution is 0.628. The number of nitrogens with two attached hydrogens (primary N) is 1. The summed E-state index contributed by atoms with van der Waals surface area (Å²) in [5, 5.41) is 0. The first-order valence-corrected chi connectivity index (χ1v) is 6.41. The van der Waals surface area contributed by atoms with Crippen LogP contribution in [0.3, 0.4) is 0 Å². The third-order valence-electron chi connectivity index (χ3n) is 3.06. The molecule has 0 spiro atoms. The second kappa shape index (κ2) is 4.24. The minimum absolute atomic E-state index is 0.240. The Bertz CT molecular complexity index is 615. The number of benzene rings is 1. The van der Waals surface area contributed by atoms with Gasteiger partial charge in [0.2, 0.25) is 0 Å². The Balaban J connectivity index is 2.08. The quantitative estimate of drug-likeness (QED) is 0.879. The van der Waals surface area contributed by atoms with Crippen molar-refractivity contribution in [1.82, 2.24) is 4.98 Å². The van der Waals surface area contributed by atoms with E-state index in [4.69, 9.17) is 5.73 Å². The Labute approximate surface area is 113 Å². The van der Waals surface area contributed by atoms with Gasteiger partial charge in [-0.05, 0) is 46.1 Å². The number of pyridine rings is 1. The first kappa shape index (κ1) is 11.5. The molecule has 0 fully saturated rings. The van der Waals surface area contributed by atoms with Crippen LogP contribution in [-0.4, -0.2) is 11.5 Å². The highest BCUT2D eigenvalue weighted by molar-refractivity contribution is 9.10. The highest BCUT2D eigenvalue weighted by atomic mass is 79.9. The molecule has 5 heteroatoms. The van der Waals surface area contributed by atoms with E-state index in [1.165, 1.54) is 12.1 Å². The molecule has 0 bridgehead atoms. The van der Waals surface area contributed by atoms with Crippen LogP contribution in [0.15, 0.2) is 34.9 Å². The third kappa shape index (κ3) is 1.84. The highest BCUT2D eigenvalue weighted by Crippen LogP contribution is 2.36. The zero-order valence-electron chi connectivity index (χ0n) is 9.53. The second-order valence-electron chi connectivity index (χ2n) is 4.24. The molecule has 0 radical (unpaired) electrons. The van der Waals surface area contributed by atoms with Gasteiger partial charge in [-0.3, -0.25) is 0 Å². The molecule has 0 atom stereocenters. The number of nitrogen functional groups attached to an aromatic ring is 1. The number of fused-ring (bicyclic) bond motifs is 1. The van der Waals surface area contributed by atoms with Crippen LogP contribution in [0.4, 0.5) is 21.6 Å². The van der Waals surface area contributed by atoms with Crippen LogP contribution in [0, 0.1) is 5.82 Å². The van der Waals surface area contributed by atoms with Crippen LogP contribution in [-0.2, 0) is 6.42 Å². The summed E-state index contributed by atoms with van der Waals surface area (Å²) in [4.78, 5) is 6.28. The van der Waals surface area contributed by atoms with Gasteiger partial charge in [0.05, 0.1) is 5.69 Å². The van der Waals surface area contributed by atoms with Crippen LogP contribution in [0.25, 0.3) is 0 Å². The van der Waals surface area contributed by atoms with E-state index < -0.39 is 0 Å². The third-order valence-corrected chi connectivity index (χ3v) is 3.49. The molecule has 1 aliphatic rings. The van der Waals surface area contributed by atoms with Crippen molar-refractivity contribution < 1.29 is 4.39 Å². The summed E-state index contributed by atoms with van der Waals surface area (Å²) < 4.78 is 14.2. The molecule has 0 saturated carbocycles. The van der Waals surface area contributed by atoms with Crippen molar-refractivity contribution in [3.05, 3.63) is 46.3 Å². The molecule has 18 heavy (non-hydrogen) atoms. The average molecular weight is 308 g/mol. The molecule has 2 aromatic rings. The van der Waals surface area contributed by atoms with E-state index in [1.807, 2.05) is 11.0 Å². The lowest BCUT2D eigenvalue weighted by Gasteiger charge is -2.20. The predicted molar refractivity (Wildman–Crippen MR) is 73.5 cm³/mol. The molecule has 1 aromatic heterocycles. The summed E-state index contributed by atoms with van der Waals surface area (Å²) in [6.07, 6.45) is 2.58. The molecule has 2 N–H and O–H groups in total. The van der Waals surface area contributed by atoms with Crippen molar-refractivity contribution in [2.75, 3.05) is 17.2 Å². The van der Waals surface area contributed by atoms with Crippen molar-refractivity contribution >= 4 is 33.1 Å². The monoisotopic (exact) mass is 307 g/mol. The van der Waals surface area contributed by atoms with Crippen molar-refractivity contribution in [1.29, 1.82) is 0 Å². The minimum atomic E-state index is -0.240. The van der Waals surface area contributed by atoms with Gasteiger partial charge in [-0.2, -0.15) is 0 Å². The van der Waals surface area contributed by atoms with Gasteiger partial charge in [-0.1, -0.05) is 6.07 Å². The molecular weight excluding hydrogens is 297 g/mol. The van der Waals surface area contributed by atoms with Gasteiger partial charge in [0.25, 0.3) is 0 Å². The summed E-state index contributed by atoms with van der Waals surface area (Å²) in [6.45, 7) is 0.775. The Kier molecular flexibility index (Phi) is 2.70. The van der Waals surface area contributed by atoms with Gasteiger partial charge in [0, 0.05) is 22.9 Å². The molecule has 3 nitrogen and oxygen atoms in total. The predicted octanol–water partition coefficient (Wildman–Crippen LogP) is 3.26. The highest BCUT2D eigenvalue weighted by Gasteiger charge is 2.23. The Hall–Kier alpha value is -1.62. The van der Waals surface area contributed by atoms with Crippen LogP contribution < -0.4 is 10.6 Å². The molecule has 1 aromatic carbocycles. The Morgan fingerprint density at radius 3 is 2.94 bits per heavy atom. The van der Waals surface area contributed by atoms with E-state index in [-0.39, 0.29) is 5.82 Å². The standard InChI is InChI=1S/C13H11BrFN3/c14-9-5-11(16)13(17-7-9)18-4-3-8-1-2-10(15)6-12(8)18/h1-2,5-7H,3-4,16H2. The SMILES string of the molecule is Nc1cc(Br)cnc1N1CCc2ccc(F)cc21. The van der Waals surface area contributed by atoms with Crippen LogP contribution in [0.2, 0.25) is 0 Å². The fourth-order valence-electron chi connectivity index (χ4n) is 2.25. The number of aromatic nitrogens is 1. The Morgan fingerprint density at radius 1 is 1.33 bits per heavy atom. The zero-order chi connectivity index (χ0) is 12.7.